The number of anilines is 1. The second-order valence-corrected chi connectivity index (χ2v) is 8.99. The Bertz CT molecular complexity index is 1120. The maximum atomic E-state index is 13.1. The standard InChI is InChI=1S/C25H28ClFN4O5/c26-17-3-7-21(20(13-17)30-22(32)8-6-19(28)25(29)35)36-14-23(33)31-11-9-16(10-12-31)24(34)15-1-4-18(27)5-2-15/h1-5,7,13,16,19H,6,8-12,14,28H2,(H2,29,35)(H,30,32)/t19-/m0/s1. The third-order valence-electron chi connectivity index (χ3n) is 5.96. The molecule has 0 unspecified atom stereocenters. The van der Waals surface area contributed by atoms with E-state index in [2.05, 4.69) is 5.32 Å². The van der Waals surface area contributed by atoms with Gasteiger partial charge in [0.25, 0.3) is 5.91 Å². The number of nitrogens with zero attached hydrogens (tertiary/aromatic N) is 1. The zero-order valence-electron chi connectivity index (χ0n) is 19.5. The van der Waals surface area contributed by atoms with Gasteiger partial charge >= 0.3 is 0 Å². The van der Waals surface area contributed by atoms with Crippen molar-refractivity contribution in [3.63, 3.8) is 0 Å². The number of piperidine rings is 1. The Labute approximate surface area is 212 Å². The quantitative estimate of drug-likeness (QED) is 0.412. The first-order chi connectivity index (χ1) is 17.1. The van der Waals surface area contributed by atoms with Crippen LogP contribution in [0.1, 0.15) is 36.0 Å². The summed E-state index contributed by atoms with van der Waals surface area (Å²) >= 11 is 6.04. The van der Waals surface area contributed by atoms with Crippen LogP contribution >= 0.6 is 11.6 Å². The predicted molar refractivity (Wildman–Crippen MR) is 132 cm³/mol. The van der Waals surface area contributed by atoms with E-state index in [1.165, 1.54) is 36.4 Å². The van der Waals surface area contributed by atoms with Gasteiger partial charge in [-0.15, -0.1) is 0 Å². The first-order valence-corrected chi connectivity index (χ1v) is 11.9. The van der Waals surface area contributed by atoms with Crippen LogP contribution in [0.4, 0.5) is 10.1 Å². The molecule has 1 fully saturated rings. The number of ether oxygens (including phenoxy) is 1. The lowest BCUT2D eigenvalue weighted by Crippen LogP contribution is -2.42. The summed E-state index contributed by atoms with van der Waals surface area (Å²) in [6.07, 6.45) is 1.03. The molecule has 2 aromatic rings. The van der Waals surface area contributed by atoms with Crippen LogP contribution in [0, 0.1) is 11.7 Å². The minimum atomic E-state index is -0.932. The van der Waals surface area contributed by atoms with E-state index in [1.807, 2.05) is 0 Å². The van der Waals surface area contributed by atoms with Crippen molar-refractivity contribution < 1.29 is 28.3 Å². The highest BCUT2D eigenvalue weighted by atomic mass is 35.5. The monoisotopic (exact) mass is 518 g/mol. The maximum absolute atomic E-state index is 13.1. The fraction of sp³-hybridized carbons (Fsp3) is 0.360. The molecular weight excluding hydrogens is 491 g/mol. The Morgan fingerprint density at radius 3 is 2.42 bits per heavy atom. The van der Waals surface area contributed by atoms with E-state index in [4.69, 9.17) is 27.8 Å². The van der Waals surface area contributed by atoms with E-state index >= 15 is 0 Å². The zero-order valence-corrected chi connectivity index (χ0v) is 20.3. The van der Waals surface area contributed by atoms with E-state index in [1.54, 1.807) is 11.0 Å². The number of carbonyl (C=O) groups is 4. The highest BCUT2D eigenvalue weighted by Crippen LogP contribution is 2.29. The van der Waals surface area contributed by atoms with Crippen molar-refractivity contribution in [2.45, 2.75) is 31.7 Å². The molecule has 2 aromatic carbocycles. The second-order valence-electron chi connectivity index (χ2n) is 8.55. The summed E-state index contributed by atoms with van der Waals surface area (Å²) in [5, 5.41) is 3.00. The van der Waals surface area contributed by atoms with Gasteiger partial charge in [-0.05, 0) is 61.7 Å². The van der Waals surface area contributed by atoms with Gasteiger partial charge in [-0.3, -0.25) is 19.2 Å². The molecule has 5 N–H and O–H groups in total. The summed E-state index contributed by atoms with van der Waals surface area (Å²) in [6, 6.07) is 9.10. The van der Waals surface area contributed by atoms with Crippen molar-refractivity contribution in [1.29, 1.82) is 0 Å². The lowest BCUT2D eigenvalue weighted by Gasteiger charge is -2.31. The molecule has 0 saturated carbocycles. The van der Waals surface area contributed by atoms with Gasteiger partial charge in [0.1, 0.15) is 11.6 Å². The fourth-order valence-corrected chi connectivity index (χ4v) is 4.01. The van der Waals surface area contributed by atoms with Gasteiger partial charge in [-0.2, -0.15) is 0 Å². The Hall–Kier alpha value is -3.50. The van der Waals surface area contributed by atoms with Crippen LogP contribution in [0.25, 0.3) is 0 Å². The molecule has 1 saturated heterocycles. The second kappa shape index (κ2) is 12.5. The number of nitrogens with two attached hydrogens (primary N) is 2. The highest BCUT2D eigenvalue weighted by Gasteiger charge is 2.28. The summed E-state index contributed by atoms with van der Waals surface area (Å²) in [6.45, 7) is 0.516. The number of rotatable bonds is 10. The summed E-state index contributed by atoms with van der Waals surface area (Å²) in [5.41, 5.74) is 11.4. The van der Waals surface area contributed by atoms with Gasteiger partial charge < -0.3 is 26.4 Å². The largest absolute Gasteiger partial charge is 0.482 e. The number of nitrogens with one attached hydrogen (secondary N) is 1. The first-order valence-electron chi connectivity index (χ1n) is 11.5. The van der Waals surface area contributed by atoms with Gasteiger partial charge in [0.15, 0.2) is 12.4 Å². The van der Waals surface area contributed by atoms with Gasteiger partial charge in [0.2, 0.25) is 11.8 Å². The Morgan fingerprint density at radius 1 is 1.11 bits per heavy atom. The number of carbonyl (C=O) groups excluding carboxylic acids is 4. The van der Waals surface area contributed by atoms with E-state index in [-0.39, 0.29) is 48.5 Å². The Kier molecular flexibility index (Phi) is 9.38. The molecule has 1 aliphatic rings. The molecule has 0 radical (unpaired) electrons. The van der Waals surface area contributed by atoms with E-state index < -0.39 is 23.7 Å². The zero-order chi connectivity index (χ0) is 26.2. The van der Waals surface area contributed by atoms with Crippen LogP contribution in [-0.2, 0) is 14.4 Å². The number of likely N-dealkylation sites (tertiary alicyclic amines) is 1. The van der Waals surface area contributed by atoms with Crippen molar-refractivity contribution in [2.24, 2.45) is 17.4 Å². The third-order valence-corrected chi connectivity index (χ3v) is 6.20. The molecule has 0 aliphatic carbocycles. The Balaban J connectivity index is 1.51. The Morgan fingerprint density at radius 2 is 1.78 bits per heavy atom. The number of amides is 3. The summed E-state index contributed by atoms with van der Waals surface area (Å²) in [5.74, 6) is -1.82. The number of halogens is 2. The average molecular weight is 519 g/mol. The molecule has 3 amide bonds. The average Bonchev–Trinajstić information content (AvgIpc) is 2.86. The van der Waals surface area contributed by atoms with Crippen molar-refractivity contribution in [2.75, 3.05) is 25.0 Å². The molecule has 11 heteroatoms. The molecule has 1 heterocycles. The lowest BCUT2D eigenvalue weighted by molar-refractivity contribution is -0.134. The van der Waals surface area contributed by atoms with Gasteiger partial charge in [-0.1, -0.05) is 11.6 Å². The number of benzene rings is 2. The van der Waals surface area contributed by atoms with Gasteiger partial charge in [0, 0.05) is 36.0 Å². The first kappa shape index (κ1) is 27.1. The molecule has 36 heavy (non-hydrogen) atoms. The van der Waals surface area contributed by atoms with Crippen LogP contribution in [-0.4, -0.2) is 54.1 Å². The molecule has 0 aromatic heterocycles. The highest BCUT2D eigenvalue weighted by molar-refractivity contribution is 6.31. The number of ketones is 1. The van der Waals surface area contributed by atoms with Crippen molar-refractivity contribution in [3.05, 3.63) is 58.9 Å². The summed E-state index contributed by atoms with van der Waals surface area (Å²) in [4.78, 5) is 50.3. The van der Waals surface area contributed by atoms with Crippen LogP contribution in [0.3, 0.4) is 0 Å². The summed E-state index contributed by atoms with van der Waals surface area (Å²) < 4.78 is 18.8. The molecule has 1 aliphatic heterocycles. The molecule has 192 valence electrons. The predicted octanol–water partition coefficient (Wildman–Crippen LogP) is 2.51. The number of hydrogen-bond acceptors (Lipinski definition) is 6. The smallest absolute Gasteiger partial charge is 0.260 e. The maximum Gasteiger partial charge on any atom is 0.260 e. The summed E-state index contributed by atoms with van der Waals surface area (Å²) in [7, 11) is 0. The molecule has 3 rings (SSSR count). The van der Waals surface area contributed by atoms with E-state index in [0.29, 0.717) is 36.5 Å². The minimum absolute atomic E-state index is 0.0411. The van der Waals surface area contributed by atoms with E-state index in [0.717, 1.165) is 0 Å². The SMILES string of the molecule is NC(=O)[C@@H](N)CCC(=O)Nc1cc(Cl)ccc1OCC(=O)N1CCC(C(=O)c2ccc(F)cc2)CC1. The third kappa shape index (κ3) is 7.50. The van der Waals surface area contributed by atoms with Crippen LogP contribution < -0.4 is 21.5 Å². The van der Waals surface area contributed by atoms with Crippen molar-refractivity contribution in [1.82, 2.24) is 4.90 Å². The molecule has 1 atom stereocenters. The van der Waals surface area contributed by atoms with E-state index in [9.17, 15) is 23.6 Å². The number of primary amides is 1. The normalized spacial score (nSPS) is 14.7. The fourth-order valence-electron chi connectivity index (χ4n) is 3.84. The lowest BCUT2D eigenvalue weighted by atomic mass is 9.89. The van der Waals surface area contributed by atoms with Crippen LogP contribution in [0.2, 0.25) is 5.02 Å². The molecule has 0 spiro atoms. The van der Waals surface area contributed by atoms with Gasteiger partial charge in [-0.25, -0.2) is 4.39 Å². The van der Waals surface area contributed by atoms with Gasteiger partial charge in [0.05, 0.1) is 11.7 Å². The van der Waals surface area contributed by atoms with Crippen LogP contribution in [0.5, 0.6) is 5.75 Å². The topological polar surface area (TPSA) is 145 Å². The van der Waals surface area contributed by atoms with Crippen LogP contribution in [0.15, 0.2) is 42.5 Å². The molecule has 0 bridgehead atoms. The number of Topliss-reactive ketones (excluding diaryl/α,β-unsaturated/α-hetero) is 1. The molecule has 9 nitrogen and oxygen atoms in total. The minimum Gasteiger partial charge on any atom is -0.482 e. The van der Waals surface area contributed by atoms with Crippen molar-refractivity contribution in [3.8, 4) is 5.75 Å². The van der Waals surface area contributed by atoms with Crippen molar-refractivity contribution >= 4 is 40.8 Å². The molecular formula is C25H28ClFN4O5. The number of hydrogen-bond donors (Lipinski definition) is 3.